The molecule has 0 heterocycles. The third kappa shape index (κ3) is 3.02. The van der Waals surface area contributed by atoms with Crippen LogP contribution in [0.4, 0.5) is 15.8 Å². The van der Waals surface area contributed by atoms with Crippen molar-refractivity contribution in [3.8, 4) is 0 Å². The van der Waals surface area contributed by atoms with Crippen molar-refractivity contribution in [3.63, 3.8) is 0 Å². The van der Waals surface area contributed by atoms with Gasteiger partial charge in [0.15, 0.2) is 0 Å². The van der Waals surface area contributed by atoms with Gasteiger partial charge in [0.25, 0.3) is 0 Å². The summed E-state index contributed by atoms with van der Waals surface area (Å²) in [5.41, 5.74) is 7.82. The second-order valence-corrected chi connectivity index (χ2v) is 4.56. The minimum Gasteiger partial charge on any atom is -0.397 e. The number of thioether (sulfide) groups is 1. The van der Waals surface area contributed by atoms with Gasteiger partial charge in [0, 0.05) is 19.3 Å². The predicted octanol–water partition coefficient (Wildman–Crippen LogP) is 2.52. The quantitative estimate of drug-likeness (QED) is 0.803. The second kappa shape index (κ2) is 5.26. The van der Waals surface area contributed by atoms with Crippen LogP contribution in [0.5, 0.6) is 0 Å². The molecule has 0 aliphatic heterocycles. The number of rotatable bonds is 4. The number of aryl methyl sites for hydroxylation is 1. The molecule has 0 saturated heterocycles. The van der Waals surface area contributed by atoms with Crippen molar-refractivity contribution in [3.05, 3.63) is 23.5 Å². The van der Waals surface area contributed by atoms with Crippen LogP contribution in [0.2, 0.25) is 0 Å². The van der Waals surface area contributed by atoms with Gasteiger partial charge in [-0.1, -0.05) is 0 Å². The molecular formula is C11H17FN2S. The van der Waals surface area contributed by atoms with Gasteiger partial charge in [-0.05, 0) is 30.9 Å². The maximum absolute atomic E-state index is 13.2. The Hall–Kier alpha value is -0.900. The Balaban J connectivity index is 2.88. The summed E-state index contributed by atoms with van der Waals surface area (Å²) in [6.45, 7) is 2.66. The summed E-state index contributed by atoms with van der Waals surface area (Å²) in [5.74, 6) is 0.793. The van der Waals surface area contributed by atoms with Gasteiger partial charge in [0.05, 0.1) is 11.4 Å². The molecule has 0 radical (unpaired) electrons. The van der Waals surface area contributed by atoms with Crippen LogP contribution in [0.15, 0.2) is 12.1 Å². The molecule has 15 heavy (non-hydrogen) atoms. The molecule has 84 valence electrons. The summed E-state index contributed by atoms with van der Waals surface area (Å²) in [5, 5.41) is 0. The van der Waals surface area contributed by atoms with Crippen molar-refractivity contribution in [1.82, 2.24) is 0 Å². The van der Waals surface area contributed by atoms with E-state index in [-0.39, 0.29) is 5.82 Å². The molecule has 2 N–H and O–H groups in total. The largest absolute Gasteiger partial charge is 0.397 e. The Bertz CT molecular complexity index is 342. The fraction of sp³-hybridized carbons (Fsp3) is 0.455. The van der Waals surface area contributed by atoms with Gasteiger partial charge in [-0.15, -0.1) is 0 Å². The molecule has 4 heteroatoms. The Morgan fingerprint density at radius 1 is 1.47 bits per heavy atom. The minimum atomic E-state index is -0.241. The summed E-state index contributed by atoms with van der Waals surface area (Å²) in [7, 11) is 1.97. The Morgan fingerprint density at radius 3 is 2.73 bits per heavy atom. The highest BCUT2D eigenvalue weighted by Gasteiger charge is 2.08. The molecule has 0 aromatic heterocycles. The van der Waals surface area contributed by atoms with Crippen molar-refractivity contribution in [2.24, 2.45) is 0 Å². The van der Waals surface area contributed by atoms with Crippen molar-refractivity contribution >= 4 is 23.1 Å². The van der Waals surface area contributed by atoms with Gasteiger partial charge in [-0.2, -0.15) is 11.8 Å². The van der Waals surface area contributed by atoms with Gasteiger partial charge in [0.2, 0.25) is 0 Å². The Morgan fingerprint density at radius 2 is 2.13 bits per heavy atom. The lowest BCUT2D eigenvalue weighted by molar-refractivity contribution is 0.619. The molecule has 0 unspecified atom stereocenters. The van der Waals surface area contributed by atoms with Gasteiger partial charge < -0.3 is 10.6 Å². The second-order valence-electron chi connectivity index (χ2n) is 3.57. The fourth-order valence-electron chi connectivity index (χ4n) is 1.36. The van der Waals surface area contributed by atoms with E-state index in [9.17, 15) is 4.39 Å². The summed E-state index contributed by atoms with van der Waals surface area (Å²) in [6, 6.07) is 3.19. The number of hydrogen-bond donors (Lipinski definition) is 1. The third-order valence-electron chi connectivity index (χ3n) is 2.35. The van der Waals surface area contributed by atoms with Crippen LogP contribution in [0.25, 0.3) is 0 Å². The molecule has 0 bridgehead atoms. The van der Waals surface area contributed by atoms with E-state index in [0.717, 1.165) is 18.0 Å². The zero-order chi connectivity index (χ0) is 11.4. The van der Waals surface area contributed by atoms with E-state index >= 15 is 0 Å². The molecule has 0 aliphatic carbocycles. The highest BCUT2D eigenvalue weighted by atomic mass is 32.2. The lowest BCUT2D eigenvalue weighted by Gasteiger charge is -2.21. The third-order valence-corrected chi connectivity index (χ3v) is 2.94. The van der Waals surface area contributed by atoms with E-state index < -0.39 is 0 Å². The van der Waals surface area contributed by atoms with Crippen LogP contribution in [0.1, 0.15) is 5.56 Å². The van der Waals surface area contributed by atoms with Gasteiger partial charge in [0.1, 0.15) is 5.82 Å². The van der Waals surface area contributed by atoms with Crippen molar-refractivity contribution in [1.29, 1.82) is 0 Å². The Kier molecular flexibility index (Phi) is 4.27. The fourth-order valence-corrected chi connectivity index (χ4v) is 1.82. The number of nitrogens with two attached hydrogens (primary N) is 1. The van der Waals surface area contributed by atoms with Crippen LogP contribution in [0, 0.1) is 12.7 Å². The van der Waals surface area contributed by atoms with Gasteiger partial charge in [-0.3, -0.25) is 0 Å². The van der Waals surface area contributed by atoms with Crippen molar-refractivity contribution in [2.45, 2.75) is 6.92 Å². The number of anilines is 2. The standard InChI is InChI=1S/C11H17FN2S/c1-8-6-11(10(13)7-9(8)12)14(2)4-5-15-3/h6-7H,4-5,13H2,1-3H3. The maximum Gasteiger partial charge on any atom is 0.128 e. The first-order valence-electron chi connectivity index (χ1n) is 4.82. The number of benzene rings is 1. The lowest BCUT2D eigenvalue weighted by Crippen LogP contribution is -2.21. The SMILES string of the molecule is CSCCN(C)c1cc(C)c(F)cc1N. The highest BCUT2D eigenvalue weighted by molar-refractivity contribution is 7.98. The zero-order valence-electron chi connectivity index (χ0n) is 9.38. The zero-order valence-corrected chi connectivity index (χ0v) is 10.2. The highest BCUT2D eigenvalue weighted by Crippen LogP contribution is 2.25. The molecule has 0 saturated carbocycles. The van der Waals surface area contributed by atoms with E-state index in [0.29, 0.717) is 11.3 Å². The first-order valence-corrected chi connectivity index (χ1v) is 6.21. The monoisotopic (exact) mass is 228 g/mol. The normalized spacial score (nSPS) is 10.4. The minimum absolute atomic E-state index is 0.241. The maximum atomic E-state index is 13.2. The smallest absolute Gasteiger partial charge is 0.128 e. The van der Waals surface area contributed by atoms with Gasteiger partial charge in [-0.25, -0.2) is 4.39 Å². The first kappa shape index (κ1) is 12.2. The number of halogens is 1. The molecule has 0 spiro atoms. The van der Waals surface area contributed by atoms with Crippen LogP contribution >= 0.6 is 11.8 Å². The summed E-state index contributed by atoms with van der Waals surface area (Å²) >= 11 is 1.78. The topological polar surface area (TPSA) is 29.3 Å². The molecule has 0 fully saturated rings. The van der Waals surface area contributed by atoms with E-state index in [1.165, 1.54) is 6.07 Å². The lowest BCUT2D eigenvalue weighted by atomic mass is 10.1. The van der Waals surface area contributed by atoms with Crippen LogP contribution in [0.3, 0.4) is 0 Å². The Labute approximate surface area is 94.6 Å². The number of nitrogen functional groups attached to an aromatic ring is 1. The molecule has 0 amide bonds. The van der Waals surface area contributed by atoms with E-state index in [2.05, 4.69) is 11.2 Å². The predicted molar refractivity (Wildman–Crippen MR) is 67.2 cm³/mol. The average molecular weight is 228 g/mol. The molecule has 1 aromatic carbocycles. The van der Waals surface area contributed by atoms with E-state index in [1.807, 2.05) is 7.05 Å². The molecule has 0 aliphatic rings. The summed E-state index contributed by atoms with van der Waals surface area (Å²) in [4.78, 5) is 2.05. The van der Waals surface area contributed by atoms with Crippen molar-refractivity contribution < 1.29 is 4.39 Å². The van der Waals surface area contributed by atoms with Crippen LogP contribution in [-0.2, 0) is 0 Å². The summed E-state index contributed by atoms with van der Waals surface area (Å²) < 4.78 is 13.2. The van der Waals surface area contributed by atoms with E-state index in [4.69, 9.17) is 5.73 Å². The number of nitrogens with zero attached hydrogens (tertiary/aromatic N) is 1. The molecular weight excluding hydrogens is 211 g/mol. The first-order chi connectivity index (χ1) is 7.06. The van der Waals surface area contributed by atoms with E-state index in [1.54, 1.807) is 24.8 Å². The molecule has 0 atom stereocenters. The molecule has 1 aromatic rings. The van der Waals surface area contributed by atoms with Crippen molar-refractivity contribution in [2.75, 3.05) is 36.2 Å². The van der Waals surface area contributed by atoms with Crippen LogP contribution in [-0.4, -0.2) is 25.6 Å². The van der Waals surface area contributed by atoms with Gasteiger partial charge >= 0.3 is 0 Å². The summed E-state index contributed by atoms with van der Waals surface area (Å²) in [6.07, 6.45) is 2.06. The average Bonchev–Trinajstić information content (AvgIpc) is 2.20. The number of hydrogen-bond acceptors (Lipinski definition) is 3. The molecule has 2 nitrogen and oxygen atoms in total. The van der Waals surface area contributed by atoms with Crippen LogP contribution < -0.4 is 10.6 Å². The molecule has 1 rings (SSSR count).